The number of anilines is 2. The largest absolute Gasteiger partial charge is 0.389 e. The molecule has 0 saturated carbocycles. The zero-order chi connectivity index (χ0) is 22.3. The highest BCUT2D eigenvalue weighted by molar-refractivity contribution is 7.19. The number of halogens is 1. The van der Waals surface area contributed by atoms with Gasteiger partial charge in [-0.05, 0) is 19.8 Å². The van der Waals surface area contributed by atoms with Gasteiger partial charge in [-0.15, -0.1) is 0 Å². The lowest BCUT2D eigenvalue weighted by Gasteiger charge is -2.17. The second-order valence-electron chi connectivity index (χ2n) is 7.60. The van der Waals surface area contributed by atoms with Crippen molar-refractivity contribution in [2.24, 2.45) is 19.8 Å². The average Bonchev–Trinajstić information content (AvgIpc) is 3.36. The SMILES string of the molecule is Cc1c(-c2nc(C(=O)Nc3cnn(C)c3C3CCC(N)C(F)CO3)c(N)s2)cnn1C. The van der Waals surface area contributed by atoms with Gasteiger partial charge in [-0.1, -0.05) is 11.3 Å². The summed E-state index contributed by atoms with van der Waals surface area (Å²) in [6.07, 6.45) is 2.56. The lowest BCUT2D eigenvalue weighted by atomic mass is 10.0. The quantitative estimate of drug-likeness (QED) is 0.554. The highest BCUT2D eigenvalue weighted by atomic mass is 32.1. The first-order valence-corrected chi connectivity index (χ1v) is 10.7. The van der Waals surface area contributed by atoms with E-state index in [-0.39, 0.29) is 12.3 Å². The normalized spacial score (nSPS) is 21.8. The van der Waals surface area contributed by atoms with E-state index in [0.29, 0.717) is 34.2 Å². The molecule has 1 fully saturated rings. The van der Waals surface area contributed by atoms with Crippen LogP contribution in [-0.2, 0) is 18.8 Å². The van der Waals surface area contributed by atoms with Gasteiger partial charge in [0.2, 0.25) is 0 Å². The van der Waals surface area contributed by atoms with E-state index in [9.17, 15) is 9.18 Å². The Labute approximate surface area is 182 Å². The van der Waals surface area contributed by atoms with Crippen molar-refractivity contribution in [3.8, 4) is 10.6 Å². The van der Waals surface area contributed by atoms with Crippen LogP contribution in [0.5, 0.6) is 0 Å². The third kappa shape index (κ3) is 4.05. The molecule has 10 nitrogen and oxygen atoms in total. The van der Waals surface area contributed by atoms with Crippen molar-refractivity contribution < 1.29 is 13.9 Å². The molecule has 0 spiro atoms. The number of carbonyl (C=O) groups is 1. The number of hydrogen-bond acceptors (Lipinski definition) is 8. The molecule has 4 rings (SSSR count). The number of nitrogen functional groups attached to an aromatic ring is 1. The van der Waals surface area contributed by atoms with Crippen molar-refractivity contribution >= 4 is 27.9 Å². The third-order valence-electron chi connectivity index (χ3n) is 5.56. The number of hydrogen-bond donors (Lipinski definition) is 3. The molecular formula is C19H25FN8O2S. The molecule has 0 bridgehead atoms. The van der Waals surface area contributed by atoms with E-state index < -0.39 is 24.2 Å². The molecule has 3 aromatic rings. The van der Waals surface area contributed by atoms with E-state index in [2.05, 4.69) is 20.5 Å². The van der Waals surface area contributed by atoms with Crippen LogP contribution < -0.4 is 16.8 Å². The predicted octanol–water partition coefficient (Wildman–Crippen LogP) is 1.94. The van der Waals surface area contributed by atoms with Gasteiger partial charge in [-0.3, -0.25) is 14.2 Å². The lowest BCUT2D eigenvalue weighted by Crippen LogP contribution is -2.32. The summed E-state index contributed by atoms with van der Waals surface area (Å²) < 4.78 is 23.0. The van der Waals surface area contributed by atoms with Crippen LogP contribution in [0.3, 0.4) is 0 Å². The number of nitrogens with one attached hydrogen (secondary N) is 1. The van der Waals surface area contributed by atoms with Crippen LogP contribution >= 0.6 is 11.3 Å². The first kappa shape index (κ1) is 21.4. The molecule has 3 unspecified atom stereocenters. The third-order valence-corrected chi connectivity index (χ3v) is 6.47. The number of ether oxygens (including phenoxy) is 1. The maximum absolute atomic E-state index is 13.9. The van der Waals surface area contributed by atoms with Gasteiger partial charge in [0.25, 0.3) is 5.91 Å². The van der Waals surface area contributed by atoms with Crippen LogP contribution in [0.1, 0.15) is 40.8 Å². The van der Waals surface area contributed by atoms with Crippen molar-refractivity contribution in [1.29, 1.82) is 0 Å². The summed E-state index contributed by atoms with van der Waals surface area (Å²) in [6.45, 7) is 1.82. The molecular weight excluding hydrogens is 423 g/mol. The number of thiazole rings is 1. The summed E-state index contributed by atoms with van der Waals surface area (Å²) >= 11 is 1.23. The number of amides is 1. The van der Waals surface area contributed by atoms with E-state index in [1.54, 1.807) is 22.6 Å². The minimum absolute atomic E-state index is 0.0999. The molecule has 0 radical (unpaired) electrons. The van der Waals surface area contributed by atoms with Crippen molar-refractivity contribution in [3.05, 3.63) is 29.5 Å². The molecule has 3 atom stereocenters. The first-order chi connectivity index (χ1) is 14.8. The molecule has 1 saturated heterocycles. The van der Waals surface area contributed by atoms with E-state index in [1.165, 1.54) is 17.5 Å². The molecule has 166 valence electrons. The molecule has 0 aliphatic carbocycles. The average molecular weight is 449 g/mol. The second kappa shape index (κ2) is 8.36. The van der Waals surface area contributed by atoms with Crippen molar-refractivity contribution in [1.82, 2.24) is 24.5 Å². The van der Waals surface area contributed by atoms with Crippen LogP contribution in [-0.4, -0.2) is 49.3 Å². The van der Waals surface area contributed by atoms with Gasteiger partial charge in [-0.2, -0.15) is 10.2 Å². The lowest BCUT2D eigenvalue weighted by molar-refractivity contribution is 0.0247. The van der Waals surface area contributed by atoms with E-state index in [0.717, 1.165) is 11.3 Å². The maximum Gasteiger partial charge on any atom is 0.277 e. The van der Waals surface area contributed by atoms with Crippen LogP contribution in [0, 0.1) is 6.92 Å². The Morgan fingerprint density at radius 1 is 1.29 bits per heavy atom. The van der Waals surface area contributed by atoms with E-state index in [4.69, 9.17) is 16.2 Å². The van der Waals surface area contributed by atoms with Crippen molar-refractivity contribution in [3.63, 3.8) is 0 Å². The van der Waals surface area contributed by atoms with Crippen LogP contribution in [0.4, 0.5) is 15.1 Å². The van der Waals surface area contributed by atoms with Gasteiger partial charge in [0.15, 0.2) is 5.69 Å². The molecule has 1 aliphatic rings. The van der Waals surface area contributed by atoms with Gasteiger partial charge in [0.05, 0.1) is 35.9 Å². The highest BCUT2D eigenvalue weighted by Crippen LogP contribution is 2.34. The molecule has 1 aliphatic heterocycles. The summed E-state index contributed by atoms with van der Waals surface area (Å²) in [4.78, 5) is 17.4. The van der Waals surface area contributed by atoms with Gasteiger partial charge in [-0.25, -0.2) is 9.37 Å². The summed E-state index contributed by atoms with van der Waals surface area (Å²) in [7, 11) is 3.58. The molecule has 0 aromatic carbocycles. The van der Waals surface area contributed by atoms with Crippen molar-refractivity contribution in [2.45, 2.75) is 38.1 Å². The van der Waals surface area contributed by atoms with Crippen LogP contribution in [0.15, 0.2) is 12.4 Å². The monoisotopic (exact) mass is 448 g/mol. The minimum atomic E-state index is -1.22. The summed E-state index contributed by atoms with van der Waals surface area (Å²) in [5.74, 6) is -0.454. The van der Waals surface area contributed by atoms with Crippen LogP contribution in [0.25, 0.3) is 10.6 Å². The number of aryl methyl sites for hydroxylation is 2. The molecule has 5 N–H and O–H groups in total. The Balaban J connectivity index is 1.57. The van der Waals surface area contributed by atoms with Gasteiger partial charge >= 0.3 is 0 Å². The zero-order valence-corrected chi connectivity index (χ0v) is 18.3. The number of rotatable bonds is 4. The van der Waals surface area contributed by atoms with E-state index in [1.807, 2.05) is 14.0 Å². The predicted molar refractivity (Wildman–Crippen MR) is 115 cm³/mol. The fourth-order valence-electron chi connectivity index (χ4n) is 3.58. The maximum atomic E-state index is 13.9. The number of carbonyl (C=O) groups excluding carboxylic acids is 1. The van der Waals surface area contributed by atoms with Gasteiger partial charge < -0.3 is 21.5 Å². The Bertz CT molecular complexity index is 1090. The molecule has 31 heavy (non-hydrogen) atoms. The second-order valence-corrected chi connectivity index (χ2v) is 8.63. The summed E-state index contributed by atoms with van der Waals surface area (Å²) in [6, 6.07) is -0.569. The fraction of sp³-hybridized carbons (Fsp3) is 0.474. The molecule has 4 heterocycles. The number of alkyl halides is 1. The van der Waals surface area contributed by atoms with Gasteiger partial charge in [0.1, 0.15) is 22.3 Å². The summed E-state index contributed by atoms with van der Waals surface area (Å²) in [5.41, 5.74) is 14.9. The number of nitrogens with two attached hydrogens (primary N) is 2. The smallest absolute Gasteiger partial charge is 0.277 e. The minimum Gasteiger partial charge on any atom is -0.389 e. The number of aromatic nitrogens is 5. The van der Waals surface area contributed by atoms with Crippen LogP contribution in [0.2, 0.25) is 0 Å². The Morgan fingerprint density at radius 3 is 2.74 bits per heavy atom. The topological polar surface area (TPSA) is 139 Å². The van der Waals surface area contributed by atoms with E-state index >= 15 is 0 Å². The highest BCUT2D eigenvalue weighted by Gasteiger charge is 2.30. The number of nitrogens with zero attached hydrogens (tertiary/aromatic N) is 5. The van der Waals surface area contributed by atoms with Crippen molar-refractivity contribution in [2.75, 3.05) is 17.7 Å². The Kier molecular flexibility index (Phi) is 5.77. The molecule has 3 aromatic heterocycles. The first-order valence-electron chi connectivity index (χ1n) is 9.86. The Hall–Kier alpha value is -2.83. The zero-order valence-electron chi connectivity index (χ0n) is 17.5. The molecule has 1 amide bonds. The Morgan fingerprint density at radius 2 is 2.03 bits per heavy atom. The molecule has 12 heteroatoms. The standard InChI is InChI=1S/C19H25FN8O2S/c1-9-10(6-23-27(9)2)19-26-15(17(22)31-19)18(29)25-13-7-24-28(3)16(13)14-5-4-12(21)11(20)8-30-14/h6-7,11-12,14H,4-5,8,21-22H2,1-3H3,(H,25,29). The van der Waals surface area contributed by atoms with Gasteiger partial charge in [0, 0.05) is 25.8 Å². The summed E-state index contributed by atoms with van der Waals surface area (Å²) in [5, 5.41) is 12.2. The fourth-order valence-corrected chi connectivity index (χ4v) is 4.47.